The van der Waals surface area contributed by atoms with E-state index in [1.54, 1.807) is 11.8 Å². The number of aromatic nitrogens is 6. The zero-order chi connectivity index (χ0) is 22.9. The zero-order valence-corrected chi connectivity index (χ0v) is 20.5. The van der Waals surface area contributed by atoms with Crippen LogP contribution in [0, 0.1) is 6.92 Å². The van der Waals surface area contributed by atoms with Crippen LogP contribution in [0.3, 0.4) is 0 Å². The van der Waals surface area contributed by atoms with Gasteiger partial charge in [-0.2, -0.15) is 0 Å². The minimum Gasteiger partial charge on any atom is -0.390 e. The Hall–Kier alpha value is -2.24. The highest BCUT2D eigenvalue weighted by Gasteiger charge is 2.35. The molecule has 1 aliphatic heterocycles. The van der Waals surface area contributed by atoms with Crippen LogP contribution in [0.5, 0.6) is 0 Å². The van der Waals surface area contributed by atoms with Crippen LogP contribution in [0.2, 0.25) is 10.0 Å². The fourth-order valence-electron chi connectivity index (χ4n) is 3.51. The molecular formula is C21H19Cl2N7OS2. The van der Waals surface area contributed by atoms with Gasteiger partial charge in [-0.3, -0.25) is 10.1 Å². The lowest BCUT2D eigenvalue weighted by Gasteiger charge is -2.29. The van der Waals surface area contributed by atoms with E-state index in [0.29, 0.717) is 33.3 Å². The highest BCUT2D eigenvalue weighted by atomic mass is 35.5. The monoisotopic (exact) mass is 519 g/mol. The maximum Gasteiger partial charge on any atom is 0.212 e. The minimum atomic E-state index is -0.629. The first-order valence-corrected chi connectivity index (χ1v) is 12.7. The number of thioether (sulfide) groups is 2. The highest BCUT2D eigenvalue weighted by Crippen LogP contribution is 2.43. The van der Waals surface area contributed by atoms with Crippen LogP contribution in [0.4, 0.5) is 0 Å². The van der Waals surface area contributed by atoms with Gasteiger partial charge < -0.3 is 5.11 Å². The average molecular weight is 520 g/mol. The van der Waals surface area contributed by atoms with Crippen molar-refractivity contribution in [3.8, 4) is 11.4 Å². The number of aromatic amines is 1. The van der Waals surface area contributed by atoms with Gasteiger partial charge in [0.1, 0.15) is 11.2 Å². The summed E-state index contributed by atoms with van der Waals surface area (Å²) in [6.07, 6.45) is -0.629. The zero-order valence-electron chi connectivity index (χ0n) is 17.4. The first-order chi connectivity index (χ1) is 16.0. The maximum atomic E-state index is 10.9. The van der Waals surface area contributed by atoms with Gasteiger partial charge in [-0.1, -0.05) is 58.9 Å². The molecule has 3 heterocycles. The molecule has 33 heavy (non-hydrogen) atoms. The van der Waals surface area contributed by atoms with E-state index in [0.717, 1.165) is 22.1 Å². The van der Waals surface area contributed by atoms with Gasteiger partial charge in [0.15, 0.2) is 5.82 Å². The van der Waals surface area contributed by atoms with Crippen LogP contribution < -0.4 is 5.01 Å². The topological polar surface area (TPSA) is 95.8 Å². The molecule has 170 valence electrons. The molecule has 0 aliphatic carbocycles. The number of H-pyrrole nitrogens is 1. The molecular weight excluding hydrogens is 501 g/mol. The van der Waals surface area contributed by atoms with E-state index in [4.69, 9.17) is 23.2 Å². The van der Waals surface area contributed by atoms with Gasteiger partial charge in [0, 0.05) is 21.4 Å². The van der Waals surface area contributed by atoms with E-state index in [-0.39, 0.29) is 5.37 Å². The van der Waals surface area contributed by atoms with Crippen LogP contribution in [0.1, 0.15) is 16.8 Å². The summed E-state index contributed by atoms with van der Waals surface area (Å²) in [7, 11) is 0. The Bertz CT molecular complexity index is 1250. The number of aliphatic hydroxyl groups excluding tert-OH is 1. The Morgan fingerprint density at radius 2 is 1.79 bits per heavy atom. The number of nitrogens with zero attached hydrogens (tertiary/aromatic N) is 6. The van der Waals surface area contributed by atoms with Crippen LogP contribution in [0.15, 0.2) is 58.8 Å². The molecule has 0 fully saturated rings. The van der Waals surface area contributed by atoms with Crippen molar-refractivity contribution in [3.05, 3.63) is 70.0 Å². The summed E-state index contributed by atoms with van der Waals surface area (Å²) in [6.45, 7) is 2.30. The smallest absolute Gasteiger partial charge is 0.212 e. The van der Waals surface area contributed by atoms with Gasteiger partial charge in [0.25, 0.3) is 0 Å². The van der Waals surface area contributed by atoms with E-state index < -0.39 is 6.10 Å². The van der Waals surface area contributed by atoms with Crippen molar-refractivity contribution in [1.29, 1.82) is 0 Å². The fourth-order valence-corrected chi connectivity index (χ4v) is 5.69. The number of β-amino-alcohol motifs (C(OH)–C–C–N with tert-alkyl or cyclic N) is 1. The molecule has 0 saturated heterocycles. The van der Waals surface area contributed by atoms with Gasteiger partial charge in [0.05, 0.1) is 12.6 Å². The van der Waals surface area contributed by atoms with E-state index in [1.807, 2.05) is 60.1 Å². The normalized spacial score (nSPS) is 16.2. The second kappa shape index (κ2) is 9.55. The van der Waals surface area contributed by atoms with Crippen LogP contribution in [-0.2, 0) is 0 Å². The number of hydrogen-bond donors (Lipinski definition) is 2. The molecule has 2 atom stereocenters. The van der Waals surface area contributed by atoms with Gasteiger partial charge in [0.2, 0.25) is 10.3 Å². The average Bonchev–Trinajstić information content (AvgIpc) is 3.51. The second-order valence-corrected chi connectivity index (χ2v) is 10.3. The van der Waals surface area contributed by atoms with Crippen molar-refractivity contribution in [2.75, 3.05) is 17.3 Å². The number of aliphatic hydroxyl groups is 1. The molecule has 0 amide bonds. The molecule has 2 N–H and O–H groups in total. The predicted octanol–water partition coefficient (Wildman–Crippen LogP) is 4.57. The summed E-state index contributed by atoms with van der Waals surface area (Å²) >= 11 is 15.0. The van der Waals surface area contributed by atoms with Crippen molar-refractivity contribution < 1.29 is 5.11 Å². The number of fused-ring (bicyclic) bond motifs is 1. The minimum absolute atomic E-state index is 0.0360. The molecule has 2 unspecified atom stereocenters. The Morgan fingerprint density at radius 3 is 2.52 bits per heavy atom. The molecule has 5 rings (SSSR count). The molecule has 1 aliphatic rings. The highest BCUT2D eigenvalue weighted by molar-refractivity contribution is 7.99. The van der Waals surface area contributed by atoms with Crippen LogP contribution >= 0.6 is 46.7 Å². The number of nitrogens with one attached hydrogen (secondary N) is 1. The summed E-state index contributed by atoms with van der Waals surface area (Å²) < 4.78 is 1.96. The van der Waals surface area contributed by atoms with Gasteiger partial charge in [-0.15, -0.1) is 15.3 Å². The number of rotatable bonds is 7. The summed E-state index contributed by atoms with van der Waals surface area (Å²) in [4.78, 5) is 4.51. The first kappa shape index (κ1) is 22.5. The summed E-state index contributed by atoms with van der Waals surface area (Å²) in [5.74, 6) is 1.87. The van der Waals surface area contributed by atoms with E-state index in [2.05, 4.69) is 30.4 Å². The third-order valence-electron chi connectivity index (χ3n) is 5.05. The first-order valence-electron chi connectivity index (χ1n) is 10.1. The molecule has 0 saturated carbocycles. The molecule has 2 aromatic carbocycles. The third-order valence-corrected chi connectivity index (χ3v) is 7.75. The number of hydrogen-bond acceptors (Lipinski definition) is 8. The molecule has 8 nitrogen and oxygen atoms in total. The van der Waals surface area contributed by atoms with E-state index >= 15 is 0 Å². The Morgan fingerprint density at radius 1 is 1.09 bits per heavy atom. The van der Waals surface area contributed by atoms with Gasteiger partial charge in [-0.25, -0.2) is 9.66 Å². The number of aryl methyl sites for hydroxylation is 1. The lowest BCUT2D eigenvalue weighted by Crippen LogP contribution is -2.41. The lowest BCUT2D eigenvalue weighted by atomic mass is 10.2. The van der Waals surface area contributed by atoms with Gasteiger partial charge >= 0.3 is 0 Å². The van der Waals surface area contributed by atoms with Gasteiger partial charge in [-0.05, 0) is 48.9 Å². The Balaban J connectivity index is 1.27. The molecule has 0 bridgehead atoms. The van der Waals surface area contributed by atoms with E-state index in [9.17, 15) is 5.11 Å². The maximum absolute atomic E-state index is 10.9. The Kier molecular flexibility index (Phi) is 6.53. The Labute approximate surface area is 208 Å². The molecule has 0 spiro atoms. The summed E-state index contributed by atoms with van der Waals surface area (Å²) in [6, 6.07) is 15.1. The van der Waals surface area contributed by atoms with Crippen LogP contribution in [0.25, 0.3) is 11.4 Å². The second-order valence-electron chi connectivity index (χ2n) is 7.42. The standard InChI is InChI=1S/C21H19Cl2N7OS2/c1-12-25-28-21-30(12)29(19(33-21)14-4-8-16(23)9-5-14)10-17(31)11-32-20-24-18(26-27-20)13-2-6-15(22)7-3-13/h2-9,17,19,31H,10-11H2,1H3,(H,24,26,27). The quantitative estimate of drug-likeness (QED) is 0.342. The summed E-state index contributed by atoms with van der Waals surface area (Å²) in [5.41, 5.74) is 1.98. The molecule has 12 heteroatoms. The lowest BCUT2D eigenvalue weighted by molar-refractivity contribution is 0.194. The predicted molar refractivity (Wildman–Crippen MR) is 131 cm³/mol. The third kappa shape index (κ3) is 4.85. The molecule has 2 aromatic heterocycles. The van der Waals surface area contributed by atoms with Crippen molar-refractivity contribution in [1.82, 2.24) is 30.1 Å². The molecule has 4 aromatic rings. The molecule has 0 radical (unpaired) electrons. The number of benzene rings is 2. The van der Waals surface area contributed by atoms with Crippen molar-refractivity contribution >= 4 is 46.7 Å². The van der Waals surface area contributed by atoms with Crippen LogP contribution in [-0.4, -0.2) is 53.6 Å². The fraction of sp³-hybridized carbons (Fsp3) is 0.238. The number of halogens is 2. The van der Waals surface area contributed by atoms with Crippen molar-refractivity contribution in [2.45, 2.75) is 28.7 Å². The van der Waals surface area contributed by atoms with E-state index in [1.165, 1.54) is 11.8 Å². The van der Waals surface area contributed by atoms with Crippen molar-refractivity contribution in [3.63, 3.8) is 0 Å². The largest absolute Gasteiger partial charge is 0.390 e. The van der Waals surface area contributed by atoms with Crippen molar-refractivity contribution in [2.24, 2.45) is 0 Å². The SMILES string of the molecule is Cc1nnc2n1N(CC(O)CSc1n[nH]c(-c3ccc(Cl)cc3)n1)C(c1ccc(Cl)cc1)S2. The summed E-state index contributed by atoms with van der Waals surface area (Å²) in [5, 5.41) is 31.3.